The third kappa shape index (κ3) is 5.98. The van der Waals surface area contributed by atoms with Crippen molar-refractivity contribution in [1.82, 2.24) is 0 Å². The number of rotatable bonds is 7. The molecule has 0 radical (unpaired) electrons. The average Bonchev–Trinajstić information content (AvgIpc) is 2.73. The number of nitro benzene ring substituents is 1. The van der Waals surface area contributed by atoms with E-state index >= 15 is 0 Å². The van der Waals surface area contributed by atoms with E-state index in [1.54, 1.807) is 12.1 Å². The van der Waals surface area contributed by atoms with E-state index in [4.69, 9.17) is 4.18 Å². The number of hydrogen-bond acceptors (Lipinski definition) is 6. The van der Waals surface area contributed by atoms with E-state index in [0.717, 1.165) is 17.7 Å². The fraction of sp³-hybridized carbons (Fsp3) is 0.429. The highest BCUT2D eigenvalue weighted by Gasteiger charge is 2.38. The maximum Gasteiger partial charge on any atom is 0.423 e. The predicted molar refractivity (Wildman–Crippen MR) is 112 cm³/mol. The average molecular weight is 472 g/mol. The minimum absolute atomic E-state index is 0.0101. The smallest absolute Gasteiger partial charge is 0.382 e. The largest absolute Gasteiger partial charge is 0.423 e. The molecule has 11 heteroatoms. The molecule has 0 aromatic heterocycles. The molecule has 1 fully saturated rings. The summed E-state index contributed by atoms with van der Waals surface area (Å²) in [5.74, 6) is 0.0101. The maximum atomic E-state index is 13.1. The normalized spacial score (nSPS) is 19.5. The molecule has 2 aromatic carbocycles. The molecule has 3 rings (SSSR count). The lowest BCUT2D eigenvalue weighted by atomic mass is 9.86. The van der Waals surface area contributed by atoms with Crippen LogP contribution in [0.4, 0.5) is 24.5 Å². The van der Waals surface area contributed by atoms with Crippen molar-refractivity contribution >= 4 is 21.5 Å². The Balaban J connectivity index is 1.55. The van der Waals surface area contributed by atoms with Crippen LogP contribution in [0.3, 0.4) is 0 Å². The molecule has 1 saturated carbocycles. The molecule has 32 heavy (non-hydrogen) atoms. The summed E-state index contributed by atoms with van der Waals surface area (Å²) in [5, 5.41) is 13.9. The summed E-state index contributed by atoms with van der Waals surface area (Å²) in [6.07, 6.45) is -2.34. The Bertz CT molecular complexity index is 1060. The number of hydrogen-bond donors (Lipinski definition) is 1. The molecule has 0 amide bonds. The minimum atomic E-state index is -4.84. The zero-order valence-electron chi connectivity index (χ0n) is 17.3. The van der Waals surface area contributed by atoms with Crippen LogP contribution in [0.1, 0.15) is 36.8 Å². The van der Waals surface area contributed by atoms with Crippen LogP contribution in [0.2, 0.25) is 0 Å². The van der Waals surface area contributed by atoms with Crippen LogP contribution in [0.15, 0.2) is 47.4 Å². The Hall–Kier alpha value is -2.66. The maximum absolute atomic E-state index is 13.1. The van der Waals surface area contributed by atoms with Gasteiger partial charge in [0, 0.05) is 17.8 Å². The van der Waals surface area contributed by atoms with Gasteiger partial charge in [-0.2, -0.15) is 21.6 Å². The van der Waals surface area contributed by atoms with Crippen molar-refractivity contribution in [2.24, 2.45) is 5.92 Å². The molecule has 0 atom stereocenters. The SMILES string of the molecule is Cc1ccc(S(=O)(=O)OC[C@H]2CC[C@H](Nc3ccc([N+](=O)[O-])c(C(F)(F)F)c3)CC2)cc1. The molecule has 0 unspecified atom stereocenters. The molecule has 1 aliphatic carbocycles. The van der Waals surface area contributed by atoms with Gasteiger partial charge in [0.2, 0.25) is 0 Å². The molecule has 2 aromatic rings. The summed E-state index contributed by atoms with van der Waals surface area (Å²) in [6.45, 7) is 1.89. The van der Waals surface area contributed by atoms with Crippen molar-refractivity contribution in [3.63, 3.8) is 0 Å². The van der Waals surface area contributed by atoms with Gasteiger partial charge in [0.15, 0.2) is 0 Å². The fourth-order valence-electron chi connectivity index (χ4n) is 3.68. The van der Waals surface area contributed by atoms with E-state index < -0.39 is 32.5 Å². The van der Waals surface area contributed by atoms with Crippen LogP contribution in [-0.2, 0) is 20.5 Å². The van der Waals surface area contributed by atoms with E-state index in [-0.39, 0.29) is 29.1 Å². The van der Waals surface area contributed by atoms with Crippen LogP contribution >= 0.6 is 0 Å². The zero-order chi connectivity index (χ0) is 23.5. The fourth-order valence-corrected chi connectivity index (χ4v) is 4.66. The second kappa shape index (κ2) is 9.45. The summed E-state index contributed by atoms with van der Waals surface area (Å²) >= 11 is 0. The highest BCUT2D eigenvalue weighted by atomic mass is 32.2. The molecule has 1 aliphatic rings. The van der Waals surface area contributed by atoms with E-state index in [1.807, 2.05) is 6.92 Å². The summed E-state index contributed by atoms with van der Waals surface area (Å²) in [6, 6.07) is 9.10. The number of nitro groups is 1. The van der Waals surface area contributed by atoms with Gasteiger partial charge in [-0.05, 0) is 62.8 Å². The lowest BCUT2D eigenvalue weighted by Crippen LogP contribution is -2.28. The molecule has 0 spiro atoms. The van der Waals surface area contributed by atoms with Crippen LogP contribution in [0, 0.1) is 23.0 Å². The Morgan fingerprint density at radius 1 is 1.09 bits per heavy atom. The van der Waals surface area contributed by atoms with Gasteiger partial charge in [-0.25, -0.2) is 0 Å². The van der Waals surface area contributed by atoms with Crippen molar-refractivity contribution in [2.45, 2.75) is 49.7 Å². The summed E-state index contributed by atoms with van der Waals surface area (Å²) < 4.78 is 69.3. The third-order valence-corrected chi connectivity index (χ3v) is 6.78. The van der Waals surface area contributed by atoms with E-state index in [9.17, 15) is 31.7 Å². The first kappa shape index (κ1) is 24.0. The van der Waals surface area contributed by atoms with Gasteiger partial charge >= 0.3 is 6.18 Å². The molecule has 0 aliphatic heterocycles. The van der Waals surface area contributed by atoms with E-state index in [2.05, 4.69) is 5.32 Å². The number of halogens is 3. The molecule has 0 heterocycles. The Morgan fingerprint density at radius 3 is 2.28 bits per heavy atom. The van der Waals surface area contributed by atoms with Crippen molar-refractivity contribution in [2.75, 3.05) is 11.9 Å². The van der Waals surface area contributed by atoms with Gasteiger partial charge < -0.3 is 5.32 Å². The number of nitrogens with zero attached hydrogens (tertiary/aromatic N) is 1. The summed E-state index contributed by atoms with van der Waals surface area (Å²) in [7, 11) is -3.85. The number of benzene rings is 2. The lowest BCUT2D eigenvalue weighted by molar-refractivity contribution is -0.388. The number of alkyl halides is 3. The quantitative estimate of drug-likeness (QED) is 0.334. The standard InChI is InChI=1S/C21H23F3N2O5S/c1-14-2-9-18(10-3-14)32(29,30)31-13-15-4-6-16(7-5-15)25-17-8-11-20(26(27)28)19(12-17)21(22,23)24/h2-3,8-12,15-16,25H,4-7,13H2,1H3/t15-,16-. The number of aryl methyl sites for hydroxylation is 1. The molecule has 7 nitrogen and oxygen atoms in total. The Kier molecular flexibility index (Phi) is 7.09. The van der Waals surface area contributed by atoms with Gasteiger partial charge in [0.05, 0.1) is 16.4 Å². The van der Waals surface area contributed by atoms with Crippen LogP contribution in [0.5, 0.6) is 0 Å². The molecular formula is C21H23F3N2O5S. The van der Waals surface area contributed by atoms with Crippen molar-refractivity contribution < 1.29 is 30.7 Å². The minimum Gasteiger partial charge on any atom is -0.382 e. The van der Waals surface area contributed by atoms with Gasteiger partial charge in [-0.3, -0.25) is 14.3 Å². The first-order valence-corrected chi connectivity index (χ1v) is 11.4. The topological polar surface area (TPSA) is 98.5 Å². The van der Waals surface area contributed by atoms with Crippen molar-refractivity contribution in [3.8, 4) is 0 Å². The van der Waals surface area contributed by atoms with Gasteiger partial charge in [0.1, 0.15) is 5.56 Å². The third-order valence-electron chi connectivity index (χ3n) is 5.48. The Morgan fingerprint density at radius 2 is 1.72 bits per heavy atom. The summed E-state index contributed by atoms with van der Waals surface area (Å²) in [5.41, 5.74) is -1.19. The second-order valence-corrected chi connectivity index (χ2v) is 9.52. The molecule has 1 N–H and O–H groups in total. The van der Waals surface area contributed by atoms with E-state index in [0.29, 0.717) is 25.7 Å². The second-order valence-electron chi connectivity index (χ2n) is 7.90. The van der Waals surface area contributed by atoms with Gasteiger partial charge in [-0.1, -0.05) is 17.7 Å². The van der Waals surface area contributed by atoms with Crippen LogP contribution < -0.4 is 5.32 Å². The molecule has 0 bridgehead atoms. The van der Waals surface area contributed by atoms with Crippen LogP contribution in [-0.4, -0.2) is 26.0 Å². The van der Waals surface area contributed by atoms with E-state index in [1.165, 1.54) is 18.2 Å². The Labute approximate surface area is 183 Å². The van der Waals surface area contributed by atoms with Crippen molar-refractivity contribution in [3.05, 3.63) is 63.7 Å². The van der Waals surface area contributed by atoms with Gasteiger partial charge in [-0.15, -0.1) is 0 Å². The number of nitrogens with one attached hydrogen (secondary N) is 1. The van der Waals surface area contributed by atoms with Gasteiger partial charge in [0.25, 0.3) is 15.8 Å². The molecular weight excluding hydrogens is 449 g/mol. The number of anilines is 1. The van der Waals surface area contributed by atoms with Crippen molar-refractivity contribution in [1.29, 1.82) is 0 Å². The first-order valence-electron chi connectivity index (χ1n) is 10.0. The molecule has 174 valence electrons. The van der Waals surface area contributed by atoms with Crippen LogP contribution in [0.25, 0.3) is 0 Å². The zero-order valence-corrected chi connectivity index (χ0v) is 18.1. The summed E-state index contributed by atoms with van der Waals surface area (Å²) in [4.78, 5) is 9.92. The molecule has 0 saturated heterocycles. The predicted octanol–water partition coefficient (Wildman–Crippen LogP) is 5.30. The highest BCUT2D eigenvalue weighted by Crippen LogP contribution is 2.38. The highest BCUT2D eigenvalue weighted by molar-refractivity contribution is 7.86. The first-order chi connectivity index (χ1) is 15.0. The monoisotopic (exact) mass is 472 g/mol. The lowest BCUT2D eigenvalue weighted by Gasteiger charge is -2.29.